The van der Waals surface area contributed by atoms with Crippen LogP contribution in [0.1, 0.15) is 44.7 Å². The summed E-state index contributed by atoms with van der Waals surface area (Å²) < 4.78 is 15.9. The number of amides is 1. The van der Waals surface area contributed by atoms with Gasteiger partial charge in [0.15, 0.2) is 0 Å². The Balaban J connectivity index is 1.65. The predicted octanol–water partition coefficient (Wildman–Crippen LogP) is 3.70. The van der Waals surface area contributed by atoms with Gasteiger partial charge in [-0.15, -0.1) is 0 Å². The van der Waals surface area contributed by atoms with Gasteiger partial charge >= 0.3 is 18.0 Å². The number of carbonyl (C=O) groups is 3. The van der Waals surface area contributed by atoms with Crippen molar-refractivity contribution in [3.8, 4) is 0 Å². The Labute approximate surface area is 175 Å². The van der Waals surface area contributed by atoms with Crippen molar-refractivity contribution in [2.24, 2.45) is 11.8 Å². The van der Waals surface area contributed by atoms with E-state index in [1.165, 1.54) is 7.11 Å². The molecule has 0 N–H and O–H groups in total. The first-order valence-corrected chi connectivity index (χ1v) is 9.99. The molecule has 1 aliphatic carbocycles. The van der Waals surface area contributed by atoms with Crippen LogP contribution in [0.5, 0.6) is 0 Å². The van der Waals surface area contributed by atoms with Crippen LogP contribution >= 0.6 is 11.6 Å². The lowest BCUT2D eigenvalue weighted by Crippen LogP contribution is -2.33. The quantitative estimate of drug-likeness (QED) is 0.544. The van der Waals surface area contributed by atoms with E-state index in [1.807, 2.05) is 12.1 Å². The van der Waals surface area contributed by atoms with Crippen molar-refractivity contribution in [1.29, 1.82) is 0 Å². The van der Waals surface area contributed by atoms with Crippen molar-refractivity contribution in [3.05, 3.63) is 34.3 Å². The van der Waals surface area contributed by atoms with Gasteiger partial charge in [0.25, 0.3) is 0 Å². The minimum Gasteiger partial charge on any atom is -0.469 e. The maximum Gasteiger partial charge on any atom is 0.410 e. The van der Waals surface area contributed by atoms with E-state index in [4.69, 9.17) is 25.8 Å². The highest BCUT2D eigenvalue weighted by molar-refractivity contribution is 6.31. The molecule has 1 heterocycles. The third-order valence-corrected chi connectivity index (χ3v) is 5.54. The molecule has 0 aromatic heterocycles. The first-order valence-electron chi connectivity index (χ1n) is 9.61. The standard InChI is InChI=1S/C21H26ClNO6/c1-21(2,3)29-19(25)15-9-13(8-14(15)18(24)27-4)28-20(26)23-10-12-6-5-7-17(22)16(12)11-23/h5-7,13-15H,8-11H2,1-4H3/t13-,14-,15?/m1/s1. The third kappa shape index (κ3) is 4.83. The van der Waals surface area contributed by atoms with Crippen LogP contribution in [-0.2, 0) is 36.9 Å². The number of hydrogen-bond donors (Lipinski definition) is 0. The average Bonchev–Trinajstić information content (AvgIpc) is 3.25. The van der Waals surface area contributed by atoms with Gasteiger partial charge < -0.3 is 14.2 Å². The summed E-state index contributed by atoms with van der Waals surface area (Å²) in [5, 5.41) is 0.620. The molecule has 1 aromatic rings. The first-order chi connectivity index (χ1) is 13.6. The van der Waals surface area contributed by atoms with E-state index >= 15 is 0 Å². The van der Waals surface area contributed by atoms with Gasteiger partial charge in [0.2, 0.25) is 0 Å². The van der Waals surface area contributed by atoms with Gasteiger partial charge in [0.1, 0.15) is 11.7 Å². The van der Waals surface area contributed by atoms with Gasteiger partial charge in [-0.3, -0.25) is 14.5 Å². The minimum absolute atomic E-state index is 0.224. The molecule has 1 unspecified atom stereocenters. The van der Waals surface area contributed by atoms with Crippen LogP contribution in [0.15, 0.2) is 18.2 Å². The van der Waals surface area contributed by atoms with Crippen LogP contribution < -0.4 is 0 Å². The normalized spacial score (nSPS) is 23.5. The van der Waals surface area contributed by atoms with Crippen LogP contribution in [0.3, 0.4) is 0 Å². The smallest absolute Gasteiger partial charge is 0.410 e. The summed E-state index contributed by atoms with van der Waals surface area (Å²) in [5.74, 6) is -2.38. The Morgan fingerprint density at radius 2 is 1.72 bits per heavy atom. The maximum absolute atomic E-state index is 12.7. The van der Waals surface area contributed by atoms with E-state index < -0.39 is 41.6 Å². The molecule has 7 nitrogen and oxygen atoms in total. The van der Waals surface area contributed by atoms with Crippen LogP contribution in [0.25, 0.3) is 0 Å². The topological polar surface area (TPSA) is 82.1 Å². The van der Waals surface area contributed by atoms with Crippen LogP contribution in [0, 0.1) is 11.8 Å². The number of nitrogens with zero attached hydrogens (tertiary/aromatic N) is 1. The summed E-state index contributed by atoms with van der Waals surface area (Å²) in [6.45, 7) is 6.08. The van der Waals surface area contributed by atoms with Crippen molar-refractivity contribution in [2.75, 3.05) is 7.11 Å². The summed E-state index contributed by atoms with van der Waals surface area (Å²) in [6, 6.07) is 5.56. The molecule has 1 amide bonds. The molecule has 29 heavy (non-hydrogen) atoms. The Kier molecular flexibility index (Phi) is 6.08. The Morgan fingerprint density at radius 3 is 2.31 bits per heavy atom. The van der Waals surface area contributed by atoms with Crippen molar-refractivity contribution in [2.45, 2.75) is 58.4 Å². The lowest BCUT2D eigenvalue weighted by molar-refractivity contribution is -0.166. The monoisotopic (exact) mass is 423 g/mol. The minimum atomic E-state index is -0.704. The highest BCUT2D eigenvalue weighted by Gasteiger charge is 2.47. The lowest BCUT2D eigenvalue weighted by Gasteiger charge is -2.24. The number of hydrogen-bond acceptors (Lipinski definition) is 6. The molecule has 158 valence electrons. The highest BCUT2D eigenvalue weighted by atomic mass is 35.5. The van der Waals surface area contributed by atoms with E-state index in [0.29, 0.717) is 18.1 Å². The Hall–Kier alpha value is -2.28. The zero-order valence-corrected chi connectivity index (χ0v) is 17.8. The second kappa shape index (κ2) is 8.22. The zero-order valence-electron chi connectivity index (χ0n) is 17.1. The molecular weight excluding hydrogens is 398 g/mol. The number of halogens is 1. The predicted molar refractivity (Wildman–Crippen MR) is 105 cm³/mol. The van der Waals surface area contributed by atoms with Crippen LogP contribution in [0.2, 0.25) is 5.02 Å². The second-order valence-electron chi connectivity index (χ2n) is 8.48. The van der Waals surface area contributed by atoms with E-state index in [2.05, 4.69) is 0 Å². The fourth-order valence-electron chi connectivity index (χ4n) is 3.86. The number of fused-ring (bicyclic) bond motifs is 1. The van der Waals surface area contributed by atoms with E-state index in [-0.39, 0.29) is 12.8 Å². The summed E-state index contributed by atoms with van der Waals surface area (Å²) in [7, 11) is 1.28. The second-order valence-corrected chi connectivity index (χ2v) is 8.89. The summed E-state index contributed by atoms with van der Waals surface area (Å²) >= 11 is 6.20. The fraction of sp³-hybridized carbons (Fsp3) is 0.571. The van der Waals surface area contributed by atoms with Crippen molar-refractivity contribution in [3.63, 3.8) is 0 Å². The van der Waals surface area contributed by atoms with Crippen molar-refractivity contribution < 1.29 is 28.6 Å². The molecule has 0 radical (unpaired) electrons. The summed E-state index contributed by atoms with van der Waals surface area (Å²) in [6.07, 6.45) is -0.606. The van der Waals surface area contributed by atoms with Crippen LogP contribution in [0.4, 0.5) is 4.79 Å². The van der Waals surface area contributed by atoms with Crippen molar-refractivity contribution >= 4 is 29.6 Å². The molecule has 1 saturated carbocycles. The number of esters is 2. The van der Waals surface area contributed by atoms with Gasteiger partial charge in [-0.2, -0.15) is 0 Å². The highest BCUT2D eigenvalue weighted by Crippen LogP contribution is 2.37. The van der Waals surface area contributed by atoms with Gasteiger partial charge in [-0.1, -0.05) is 23.7 Å². The SMILES string of the molecule is COC(=O)[C@@H]1C[C@@H](OC(=O)N2Cc3cccc(Cl)c3C2)CC1C(=O)OC(C)(C)C. The molecular formula is C21H26ClNO6. The van der Waals surface area contributed by atoms with Gasteiger partial charge in [0, 0.05) is 11.6 Å². The molecule has 3 atom stereocenters. The molecule has 2 aliphatic rings. The third-order valence-electron chi connectivity index (χ3n) is 5.18. The van der Waals surface area contributed by atoms with Crippen LogP contribution in [-0.4, -0.2) is 41.7 Å². The Bertz CT molecular complexity index is 818. The van der Waals surface area contributed by atoms with E-state index in [9.17, 15) is 14.4 Å². The van der Waals surface area contributed by atoms with Gasteiger partial charge in [-0.25, -0.2) is 4.79 Å². The number of ether oxygens (including phenoxy) is 3. The number of methoxy groups -OCH3 is 1. The van der Waals surface area contributed by atoms with E-state index in [1.54, 1.807) is 31.7 Å². The molecule has 8 heteroatoms. The zero-order chi connectivity index (χ0) is 21.3. The molecule has 0 saturated heterocycles. The number of rotatable bonds is 3. The molecule has 1 aromatic carbocycles. The van der Waals surface area contributed by atoms with E-state index in [0.717, 1.165) is 11.1 Å². The van der Waals surface area contributed by atoms with Crippen molar-refractivity contribution in [1.82, 2.24) is 4.90 Å². The number of benzene rings is 1. The summed E-state index contributed by atoms with van der Waals surface area (Å²) in [4.78, 5) is 39.0. The molecule has 3 rings (SSSR count). The summed E-state index contributed by atoms with van der Waals surface area (Å²) in [5.41, 5.74) is 1.23. The number of carbonyl (C=O) groups excluding carboxylic acids is 3. The van der Waals surface area contributed by atoms with Gasteiger partial charge in [-0.05, 0) is 50.8 Å². The molecule has 1 aliphatic heterocycles. The lowest BCUT2D eigenvalue weighted by atomic mass is 9.96. The Morgan fingerprint density at radius 1 is 1.07 bits per heavy atom. The van der Waals surface area contributed by atoms with Gasteiger partial charge in [0.05, 0.1) is 25.5 Å². The molecule has 0 spiro atoms. The average molecular weight is 424 g/mol. The maximum atomic E-state index is 12.7. The first kappa shape index (κ1) is 21.4. The fourth-order valence-corrected chi connectivity index (χ4v) is 4.12. The molecule has 0 bridgehead atoms. The molecule has 1 fully saturated rings. The largest absolute Gasteiger partial charge is 0.469 e.